The van der Waals surface area contributed by atoms with E-state index in [-0.39, 0.29) is 30.1 Å². The molecule has 190 valence electrons. The number of rotatable bonds is 9. The minimum atomic E-state index is -0.922. The molecule has 0 saturated heterocycles. The number of nitrogens with one attached hydrogen (secondary N) is 1. The molecule has 0 aromatic heterocycles. The second-order valence-corrected chi connectivity index (χ2v) is 9.41. The maximum Gasteiger partial charge on any atom is 0.333 e. The van der Waals surface area contributed by atoms with Crippen LogP contribution in [-0.4, -0.2) is 24.3 Å². The molecule has 1 aliphatic rings. The van der Waals surface area contributed by atoms with Crippen molar-refractivity contribution in [2.24, 2.45) is 5.92 Å². The molecule has 0 bridgehead atoms. The summed E-state index contributed by atoms with van der Waals surface area (Å²) >= 11 is 0. The van der Waals surface area contributed by atoms with Crippen molar-refractivity contribution in [3.63, 3.8) is 0 Å². The predicted molar refractivity (Wildman–Crippen MR) is 146 cm³/mol. The van der Waals surface area contributed by atoms with E-state index in [1.54, 1.807) is 55.5 Å². The highest BCUT2D eigenvalue weighted by atomic mass is 16.5. The van der Waals surface area contributed by atoms with E-state index in [9.17, 15) is 14.4 Å². The molecule has 0 aliphatic heterocycles. The largest absolute Gasteiger partial charge is 0.464 e. The van der Waals surface area contributed by atoms with Crippen molar-refractivity contribution in [1.82, 2.24) is 5.32 Å². The van der Waals surface area contributed by atoms with Crippen LogP contribution in [0, 0.1) is 5.92 Å². The molecule has 0 unspecified atom stereocenters. The maximum absolute atomic E-state index is 13.6. The molecule has 3 atom stereocenters. The summed E-state index contributed by atoms with van der Waals surface area (Å²) in [5.74, 6) is -0.803. The number of ether oxygens (including phenoxy) is 1. The Morgan fingerprint density at radius 1 is 0.684 bits per heavy atom. The number of esters is 1. The van der Waals surface area contributed by atoms with Crippen LogP contribution in [0.3, 0.4) is 0 Å². The van der Waals surface area contributed by atoms with E-state index >= 15 is 0 Å². The minimum Gasteiger partial charge on any atom is -0.464 e. The molecule has 1 fully saturated rings. The lowest BCUT2D eigenvalue weighted by Gasteiger charge is -2.17. The summed E-state index contributed by atoms with van der Waals surface area (Å²) < 4.78 is 5.17. The van der Waals surface area contributed by atoms with E-state index < -0.39 is 17.9 Å². The van der Waals surface area contributed by atoms with E-state index in [0.29, 0.717) is 16.7 Å². The summed E-state index contributed by atoms with van der Waals surface area (Å²) in [6.45, 7) is 1.94. The van der Waals surface area contributed by atoms with Crippen molar-refractivity contribution in [3.8, 4) is 0 Å². The van der Waals surface area contributed by atoms with Gasteiger partial charge in [0.25, 0.3) is 5.91 Å². The van der Waals surface area contributed by atoms with Crippen LogP contribution in [0.15, 0.2) is 115 Å². The Morgan fingerprint density at radius 3 is 1.66 bits per heavy atom. The van der Waals surface area contributed by atoms with Crippen molar-refractivity contribution >= 4 is 17.7 Å². The Hall–Kier alpha value is -4.51. The fraction of sp³-hybridized carbons (Fsp3) is 0.182. The molecule has 0 heterocycles. The molecule has 5 heteroatoms. The van der Waals surface area contributed by atoms with Gasteiger partial charge < -0.3 is 10.1 Å². The Bertz CT molecular complexity index is 1360. The van der Waals surface area contributed by atoms with E-state index in [1.807, 2.05) is 42.5 Å². The monoisotopic (exact) mass is 503 g/mol. The molecule has 1 amide bonds. The van der Waals surface area contributed by atoms with E-state index in [1.165, 1.54) is 0 Å². The van der Waals surface area contributed by atoms with Crippen LogP contribution < -0.4 is 5.32 Å². The van der Waals surface area contributed by atoms with Gasteiger partial charge in [-0.1, -0.05) is 103 Å². The number of ketones is 1. The molecule has 0 radical (unpaired) electrons. The second kappa shape index (κ2) is 11.3. The Kier molecular flexibility index (Phi) is 7.45. The summed E-state index contributed by atoms with van der Waals surface area (Å²) in [4.78, 5) is 39.2. The van der Waals surface area contributed by atoms with Crippen LogP contribution in [-0.2, 0) is 9.53 Å². The smallest absolute Gasteiger partial charge is 0.333 e. The maximum atomic E-state index is 13.6. The highest BCUT2D eigenvalue weighted by Gasteiger charge is 2.55. The Labute approximate surface area is 222 Å². The average molecular weight is 504 g/mol. The molecule has 38 heavy (non-hydrogen) atoms. The first-order valence-electron chi connectivity index (χ1n) is 12.8. The lowest BCUT2D eigenvalue weighted by Crippen LogP contribution is -2.35. The molecule has 5 nitrogen and oxygen atoms in total. The topological polar surface area (TPSA) is 72.5 Å². The number of hydrogen-bond acceptors (Lipinski definition) is 4. The fourth-order valence-electron chi connectivity index (χ4n) is 5.16. The van der Waals surface area contributed by atoms with Crippen molar-refractivity contribution in [2.75, 3.05) is 6.61 Å². The van der Waals surface area contributed by atoms with Crippen molar-refractivity contribution in [3.05, 3.63) is 143 Å². The normalized spacial score (nSPS) is 18.7. The molecule has 1 N–H and O–H groups in total. The minimum absolute atomic E-state index is 0.0633. The summed E-state index contributed by atoms with van der Waals surface area (Å²) in [5, 5.41) is 2.78. The second-order valence-electron chi connectivity index (χ2n) is 9.41. The number of Topliss-reactive ketones (excluding diaryl/α,β-unsaturated/α-hetero) is 1. The first-order valence-corrected chi connectivity index (χ1v) is 12.8. The van der Waals surface area contributed by atoms with Gasteiger partial charge in [-0.15, -0.1) is 0 Å². The highest BCUT2D eigenvalue weighted by Crippen LogP contribution is 2.61. The van der Waals surface area contributed by atoms with Crippen LogP contribution in [0.2, 0.25) is 0 Å². The molecule has 5 rings (SSSR count). The van der Waals surface area contributed by atoms with Crippen LogP contribution in [0.1, 0.15) is 62.2 Å². The van der Waals surface area contributed by atoms with Crippen molar-refractivity contribution < 1.29 is 19.1 Å². The Morgan fingerprint density at radius 2 is 1.16 bits per heavy atom. The zero-order valence-corrected chi connectivity index (χ0v) is 21.1. The van der Waals surface area contributed by atoms with Crippen molar-refractivity contribution in [1.29, 1.82) is 0 Å². The zero-order valence-electron chi connectivity index (χ0n) is 21.1. The van der Waals surface area contributed by atoms with E-state index in [0.717, 1.165) is 11.1 Å². The van der Waals surface area contributed by atoms with Gasteiger partial charge in [-0.05, 0) is 35.7 Å². The third-order valence-electron chi connectivity index (χ3n) is 7.05. The average Bonchev–Trinajstić information content (AvgIpc) is 3.73. The van der Waals surface area contributed by atoms with E-state index in [2.05, 4.69) is 29.6 Å². The van der Waals surface area contributed by atoms with Crippen LogP contribution >= 0.6 is 0 Å². The number of amides is 1. The Balaban J connectivity index is 1.34. The summed E-state index contributed by atoms with van der Waals surface area (Å²) in [7, 11) is 0. The summed E-state index contributed by atoms with van der Waals surface area (Å²) in [6, 6.07) is 35.0. The van der Waals surface area contributed by atoms with Gasteiger partial charge in [0.1, 0.15) is 0 Å². The van der Waals surface area contributed by atoms with Gasteiger partial charge in [0, 0.05) is 28.9 Å². The van der Waals surface area contributed by atoms with Gasteiger partial charge in [0.15, 0.2) is 11.8 Å². The van der Waals surface area contributed by atoms with Gasteiger partial charge in [-0.2, -0.15) is 0 Å². The molecule has 4 aromatic rings. The SMILES string of the molecule is CCOC(=O)[C@@H](NC(=O)c1ccc(C(=O)C2[C@@H](c3ccccc3)[C@@H]2c2ccccc2)cc1)c1ccccc1. The van der Waals surface area contributed by atoms with E-state index in [4.69, 9.17) is 4.74 Å². The fourth-order valence-corrected chi connectivity index (χ4v) is 5.16. The lowest BCUT2D eigenvalue weighted by atomic mass is 10.0. The number of carbonyl (C=O) groups is 3. The third-order valence-corrected chi connectivity index (χ3v) is 7.05. The molecule has 0 spiro atoms. The molecule has 4 aromatic carbocycles. The zero-order chi connectivity index (χ0) is 26.5. The number of carbonyl (C=O) groups excluding carboxylic acids is 3. The number of benzene rings is 4. The highest BCUT2D eigenvalue weighted by molar-refractivity contribution is 6.03. The van der Waals surface area contributed by atoms with Crippen LogP contribution in [0.25, 0.3) is 0 Å². The van der Waals surface area contributed by atoms with Crippen molar-refractivity contribution in [2.45, 2.75) is 24.8 Å². The van der Waals surface area contributed by atoms with Crippen LogP contribution in [0.4, 0.5) is 0 Å². The van der Waals surface area contributed by atoms with Crippen LogP contribution in [0.5, 0.6) is 0 Å². The standard InChI is InChI=1S/C33H29NO4/c1-2-38-33(37)30(24-16-10-5-11-17-24)34-32(36)26-20-18-25(19-21-26)31(35)29-27(22-12-6-3-7-13-22)28(29)23-14-8-4-9-15-23/h3-21,27-30H,2H2,1H3,(H,34,36)/t27-,28-,30-/m0/s1. The van der Waals surface area contributed by atoms with Gasteiger partial charge >= 0.3 is 5.97 Å². The quantitative estimate of drug-likeness (QED) is 0.221. The third kappa shape index (κ3) is 5.28. The molecule has 1 saturated carbocycles. The van der Waals surface area contributed by atoms with Gasteiger partial charge in [-0.25, -0.2) is 4.79 Å². The lowest BCUT2D eigenvalue weighted by molar-refractivity contribution is -0.145. The van der Waals surface area contributed by atoms with Gasteiger partial charge in [0.05, 0.1) is 6.61 Å². The summed E-state index contributed by atoms with van der Waals surface area (Å²) in [5.41, 5.74) is 3.87. The van der Waals surface area contributed by atoms with Gasteiger partial charge in [-0.3, -0.25) is 9.59 Å². The molecular weight excluding hydrogens is 474 g/mol. The first-order chi connectivity index (χ1) is 18.6. The van der Waals surface area contributed by atoms with Gasteiger partial charge in [0.2, 0.25) is 0 Å². The predicted octanol–water partition coefficient (Wildman–Crippen LogP) is 6.10. The summed E-state index contributed by atoms with van der Waals surface area (Å²) in [6.07, 6.45) is 0. The number of hydrogen-bond donors (Lipinski definition) is 1. The molecule has 1 aliphatic carbocycles. The first kappa shape index (κ1) is 25.2. The molecular formula is C33H29NO4.